The Bertz CT molecular complexity index is 2010. The van der Waals surface area contributed by atoms with E-state index in [1.807, 2.05) is 0 Å². The van der Waals surface area contributed by atoms with Crippen molar-refractivity contribution >= 4 is 60.4 Å². The number of nitrogens with one attached hydrogen (secondary N) is 1. The van der Waals surface area contributed by atoms with Gasteiger partial charge in [0.05, 0.1) is 31.7 Å². The number of phosphoric acid groups is 1. The fraction of sp³-hybridized carbons (Fsp3) is 0.571. The number of nitrogens with zero attached hydrogens (tertiary/aromatic N) is 8. The van der Waals surface area contributed by atoms with Crippen molar-refractivity contribution in [3.05, 3.63) is 23.0 Å². The van der Waals surface area contributed by atoms with Crippen LogP contribution in [0.3, 0.4) is 0 Å². The fourth-order valence-electron chi connectivity index (χ4n) is 6.67. The van der Waals surface area contributed by atoms with Crippen LogP contribution >= 0.6 is 14.5 Å². The van der Waals surface area contributed by atoms with E-state index in [-0.39, 0.29) is 41.9 Å². The van der Waals surface area contributed by atoms with E-state index in [9.17, 15) is 24.3 Å². The lowest BCUT2D eigenvalue weighted by atomic mass is 10.0. The van der Waals surface area contributed by atoms with Gasteiger partial charge >= 0.3 is 14.5 Å². The van der Waals surface area contributed by atoms with Crippen LogP contribution in [0.5, 0.6) is 0 Å². The lowest BCUT2D eigenvalue weighted by molar-refractivity contribution is -0.0654. The number of nitrogen functional groups attached to an aromatic ring is 2. The lowest BCUT2D eigenvalue weighted by Gasteiger charge is -2.31. The second-order valence-corrected chi connectivity index (χ2v) is 15.5. The maximum atomic E-state index is 13.4. The summed E-state index contributed by atoms with van der Waals surface area (Å²) in [5.41, 5.74) is 10.4. The minimum atomic E-state index is -4.83. The summed E-state index contributed by atoms with van der Waals surface area (Å²) in [6, 6.07) is -0.701. The standard InChI is InChI=1S/C21H25N11O10P2S/c22-15-10-16(25-5-24-15)31(6-26-10)12-8-2-21(8)4-39-43(35,36)41-9-1-7(3-38-44(37,45)42-14(21)13(12)33)40-19(9)32-17-11(29-30-32)18(34)28-20(23)27-17/h5-9,12-14,19,33H,1-4H2,(H,35,36)(H,37,45)(H2,22,24,25)(H3,23,27,28,34)/t7-,8+,9+,12+,13-,14-,19+,21-,44?/m0/s1. The summed E-state index contributed by atoms with van der Waals surface area (Å²) in [6.45, 7) is -4.78. The molecule has 6 heterocycles. The second-order valence-electron chi connectivity index (χ2n) is 11.3. The summed E-state index contributed by atoms with van der Waals surface area (Å²) < 4.78 is 44.8. The van der Waals surface area contributed by atoms with E-state index in [2.05, 4.69) is 35.2 Å². The molecule has 45 heavy (non-hydrogen) atoms. The molecule has 0 amide bonds. The fourth-order valence-corrected chi connectivity index (χ4v) is 9.17. The molecule has 4 aliphatic rings. The van der Waals surface area contributed by atoms with E-state index in [0.29, 0.717) is 17.6 Å². The Morgan fingerprint density at radius 2 is 1.96 bits per heavy atom. The predicted molar refractivity (Wildman–Crippen MR) is 152 cm³/mol. The van der Waals surface area contributed by atoms with Gasteiger partial charge in [-0.2, -0.15) is 9.67 Å². The molecule has 240 valence electrons. The first-order chi connectivity index (χ1) is 21.4. The van der Waals surface area contributed by atoms with Crippen molar-refractivity contribution in [2.75, 3.05) is 24.7 Å². The molecule has 2 aliphatic heterocycles. The molecule has 21 nitrogen and oxygen atoms in total. The number of rotatable bonds is 2. The van der Waals surface area contributed by atoms with E-state index in [0.717, 1.165) is 4.68 Å². The van der Waals surface area contributed by atoms with Crippen LogP contribution in [0.15, 0.2) is 17.4 Å². The molecule has 4 aromatic rings. The van der Waals surface area contributed by atoms with Gasteiger partial charge in [0, 0.05) is 11.8 Å². The zero-order valence-electron chi connectivity index (χ0n) is 22.8. The highest BCUT2D eigenvalue weighted by Crippen LogP contribution is 2.72. The quantitative estimate of drug-likeness (QED) is 0.136. The third-order valence-corrected chi connectivity index (χ3v) is 11.2. The molecule has 2 bridgehead atoms. The average Bonchev–Trinajstić information content (AvgIpc) is 3.31. The smallest absolute Gasteiger partial charge is 0.388 e. The van der Waals surface area contributed by atoms with Gasteiger partial charge in [0.15, 0.2) is 28.9 Å². The molecule has 2 aliphatic carbocycles. The van der Waals surface area contributed by atoms with Gasteiger partial charge in [-0.05, 0) is 24.1 Å². The Balaban J connectivity index is 1.12. The highest BCUT2D eigenvalue weighted by molar-refractivity contribution is 8.07. The van der Waals surface area contributed by atoms with Crippen molar-refractivity contribution in [2.24, 2.45) is 11.3 Å². The van der Waals surface area contributed by atoms with Gasteiger partial charge in [-0.25, -0.2) is 19.5 Å². The highest BCUT2D eigenvalue weighted by Gasteiger charge is 2.74. The highest BCUT2D eigenvalue weighted by atomic mass is 32.5. The van der Waals surface area contributed by atoms with E-state index >= 15 is 0 Å². The molecule has 10 atom stereocenters. The number of H-pyrrole nitrogens is 1. The largest absolute Gasteiger partial charge is 0.472 e. The summed E-state index contributed by atoms with van der Waals surface area (Å²) in [6.07, 6.45) is -2.71. The summed E-state index contributed by atoms with van der Waals surface area (Å²) >= 11 is 5.33. The summed E-state index contributed by atoms with van der Waals surface area (Å²) in [5.74, 6) is -0.446. The molecule has 8 rings (SSSR count). The molecule has 2 unspecified atom stereocenters. The normalized spacial score (nSPS) is 40.0. The number of fused-ring (bicyclic) bond motifs is 4. The SMILES string of the molecule is Nc1nc2c(nnn2[C@@H]2O[C@@H]3COP(O)(=S)O[C@H]4[C@@H](O)[C@H](n5cnc6c(N)ncnc65)[C@H]5C[C@]54COP(=O)(O)O[C@@H]2C3)c(=O)[nH]1. The monoisotopic (exact) mass is 685 g/mol. The van der Waals surface area contributed by atoms with Crippen molar-refractivity contribution in [3.8, 4) is 0 Å². The zero-order chi connectivity index (χ0) is 31.5. The number of aromatic amines is 1. The minimum absolute atomic E-state index is 0.0471. The maximum Gasteiger partial charge on any atom is 0.472 e. The number of hydrogen-bond donors (Lipinski definition) is 6. The van der Waals surface area contributed by atoms with Crippen molar-refractivity contribution in [3.63, 3.8) is 0 Å². The Labute approximate surface area is 255 Å². The molecule has 0 aromatic carbocycles. The molecule has 2 saturated carbocycles. The number of imidazole rings is 1. The number of aliphatic hydroxyl groups is 1. The van der Waals surface area contributed by atoms with E-state index in [1.165, 1.54) is 12.7 Å². The summed E-state index contributed by atoms with van der Waals surface area (Å²) in [7, 11) is -4.83. The van der Waals surface area contributed by atoms with Crippen LogP contribution in [-0.2, 0) is 39.2 Å². The van der Waals surface area contributed by atoms with Crippen LogP contribution in [0, 0.1) is 11.3 Å². The van der Waals surface area contributed by atoms with Gasteiger partial charge in [-0.1, -0.05) is 5.21 Å². The number of ether oxygens (including phenoxy) is 1. The number of aliphatic hydroxyl groups excluding tert-OH is 1. The maximum absolute atomic E-state index is 13.4. The minimum Gasteiger partial charge on any atom is -0.388 e. The van der Waals surface area contributed by atoms with Crippen molar-refractivity contribution in [1.29, 1.82) is 0 Å². The van der Waals surface area contributed by atoms with Crippen molar-refractivity contribution in [2.45, 2.75) is 49.5 Å². The Kier molecular flexibility index (Phi) is 6.53. The Morgan fingerprint density at radius 3 is 2.78 bits per heavy atom. The number of phosphoric ester groups is 1. The van der Waals surface area contributed by atoms with Gasteiger partial charge in [0.25, 0.3) is 5.56 Å². The Hall–Kier alpha value is -3.01. The van der Waals surface area contributed by atoms with Gasteiger partial charge < -0.3 is 44.7 Å². The molecule has 2 saturated heterocycles. The third-order valence-electron chi connectivity index (χ3n) is 8.70. The first-order valence-electron chi connectivity index (χ1n) is 13.5. The van der Waals surface area contributed by atoms with Crippen LogP contribution in [0.25, 0.3) is 22.3 Å². The third kappa shape index (κ3) is 4.71. The van der Waals surface area contributed by atoms with Gasteiger partial charge in [-0.3, -0.25) is 18.8 Å². The van der Waals surface area contributed by atoms with E-state index in [1.54, 1.807) is 4.57 Å². The van der Waals surface area contributed by atoms with Crippen LogP contribution < -0.4 is 17.0 Å². The molecule has 0 radical (unpaired) electrons. The van der Waals surface area contributed by atoms with Crippen LogP contribution in [-0.4, -0.2) is 97.0 Å². The van der Waals surface area contributed by atoms with Gasteiger partial charge in [-0.15, -0.1) is 5.10 Å². The van der Waals surface area contributed by atoms with Crippen LogP contribution in [0.4, 0.5) is 11.8 Å². The molecular formula is C21H25N11O10P2S. The summed E-state index contributed by atoms with van der Waals surface area (Å²) in [4.78, 5) is 53.2. The molecule has 24 heteroatoms. The van der Waals surface area contributed by atoms with E-state index < -0.39 is 68.8 Å². The van der Waals surface area contributed by atoms with Gasteiger partial charge in [0.2, 0.25) is 5.95 Å². The first kappa shape index (κ1) is 29.4. The molecule has 1 spiro atoms. The molecule has 4 fully saturated rings. The predicted octanol–water partition coefficient (Wildman–Crippen LogP) is -1.14. The first-order valence-corrected chi connectivity index (χ1v) is 17.6. The van der Waals surface area contributed by atoms with E-state index in [4.69, 9.17) is 46.1 Å². The van der Waals surface area contributed by atoms with Crippen LogP contribution in [0.2, 0.25) is 0 Å². The molecule has 8 N–H and O–H groups in total. The van der Waals surface area contributed by atoms with Crippen molar-refractivity contribution in [1.82, 2.24) is 44.5 Å². The average molecular weight is 686 g/mol. The summed E-state index contributed by atoms with van der Waals surface area (Å²) in [5, 5.41) is 19.3. The van der Waals surface area contributed by atoms with Crippen molar-refractivity contribution < 1.29 is 42.3 Å². The number of anilines is 2. The lowest BCUT2D eigenvalue weighted by Crippen LogP contribution is -2.38. The topological polar surface area (TPSA) is 296 Å². The Morgan fingerprint density at radius 1 is 1.13 bits per heavy atom. The second kappa shape index (κ2) is 9.99. The molecular weight excluding hydrogens is 660 g/mol. The number of nitrogens with two attached hydrogens (primary N) is 2. The molecule has 4 aromatic heterocycles. The number of hydrogen-bond acceptors (Lipinski definition) is 17. The van der Waals surface area contributed by atoms with Crippen LogP contribution in [0.1, 0.15) is 25.1 Å². The number of aromatic nitrogens is 9. The zero-order valence-corrected chi connectivity index (χ0v) is 25.4. The van der Waals surface area contributed by atoms with Gasteiger partial charge in [0.1, 0.15) is 30.2 Å².